The largest absolute Gasteiger partial charge is 0.299 e. The van der Waals surface area contributed by atoms with Crippen LogP contribution in [-0.2, 0) is 12.0 Å². The van der Waals surface area contributed by atoms with Gasteiger partial charge in [-0.2, -0.15) is 5.10 Å². The summed E-state index contributed by atoms with van der Waals surface area (Å²) in [7, 11) is 0. The molecule has 19 heavy (non-hydrogen) atoms. The molecule has 0 saturated heterocycles. The highest BCUT2D eigenvalue weighted by Gasteiger charge is 2.22. The van der Waals surface area contributed by atoms with Gasteiger partial charge in [-0.25, -0.2) is 4.98 Å². The minimum atomic E-state index is 0.0658. The normalized spacial score (nSPS) is 12.1. The zero-order valence-corrected chi connectivity index (χ0v) is 13.7. The van der Waals surface area contributed by atoms with E-state index in [4.69, 9.17) is 12.2 Å². The molecule has 6 heteroatoms. The summed E-state index contributed by atoms with van der Waals surface area (Å²) in [5.74, 6) is 0.914. The second-order valence-electron chi connectivity index (χ2n) is 5.69. The summed E-state index contributed by atoms with van der Waals surface area (Å²) in [4.78, 5) is 5.80. The minimum absolute atomic E-state index is 0.0658. The van der Waals surface area contributed by atoms with Crippen molar-refractivity contribution in [1.29, 1.82) is 0 Å². The van der Waals surface area contributed by atoms with Crippen molar-refractivity contribution < 1.29 is 0 Å². The van der Waals surface area contributed by atoms with E-state index in [1.807, 2.05) is 6.92 Å². The molecule has 4 nitrogen and oxygen atoms in total. The van der Waals surface area contributed by atoms with Gasteiger partial charge in [-0.15, -0.1) is 11.3 Å². The first kappa shape index (κ1) is 14.4. The Bertz CT molecular complexity index is 628. The van der Waals surface area contributed by atoms with Gasteiger partial charge in [0.25, 0.3) is 0 Å². The first-order chi connectivity index (χ1) is 8.84. The average Bonchev–Trinajstić information content (AvgIpc) is 2.84. The molecule has 0 atom stereocenters. The molecule has 2 heterocycles. The van der Waals surface area contributed by atoms with Gasteiger partial charge in [0, 0.05) is 12.0 Å². The van der Waals surface area contributed by atoms with Crippen LogP contribution < -0.4 is 0 Å². The number of aromatic amines is 1. The fourth-order valence-electron chi connectivity index (χ4n) is 1.85. The van der Waals surface area contributed by atoms with Gasteiger partial charge in [-0.3, -0.25) is 9.67 Å². The number of thiazole rings is 1. The standard InChI is InChI=1S/C13H20N4S2/c1-6-7-17-10(15-16-12(17)18)9-8(2)14-11(19-9)13(3,4)5/h6-7H2,1-5H3,(H,16,18). The Morgan fingerprint density at radius 2 is 2.05 bits per heavy atom. The fraction of sp³-hybridized carbons (Fsp3) is 0.615. The van der Waals surface area contributed by atoms with E-state index >= 15 is 0 Å². The van der Waals surface area contributed by atoms with Gasteiger partial charge in [0.05, 0.1) is 15.6 Å². The maximum atomic E-state index is 5.29. The molecule has 0 aromatic carbocycles. The summed E-state index contributed by atoms with van der Waals surface area (Å²) in [5.41, 5.74) is 1.09. The highest BCUT2D eigenvalue weighted by atomic mass is 32.1. The van der Waals surface area contributed by atoms with Crippen LogP contribution in [0.1, 0.15) is 44.8 Å². The van der Waals surface area contributed by atoms with Gasteiger partial charge in [0.2, 0.25) is 0 Å². The van der Waals surface area contributed by atoms with Crippen LogP contribution in [0.3, 0.4) is 0 Å². The molecule has 104 valence electrons. The SMILES string of the molecule is CCCn1c(-c2sc(C(C)(C)C)nc2C)n[nH]c1=S. The highest BCUT2D eigenvalue weighted by molar-refractivity contribution is 7.71. The van der Waals surface area contributed by atoms with E-state index in [0.717, 1.165) is 34.4 Å². The highest BCUT2D eigenvalue weighted by Crippen LogP contribution is 2.34. The number of H-pyrrole nitrogens is 1. The summed E-state index contributed by atoms with van der Waals surface area (Å²) in [6, 6.07) is 0. The second kappa shape index (κ2) is 5.17. The van der Waals surface area contributed by atoms with Crippen LogP contribution in [0.25, 0.3) is 10.7 Å². The third-order valence-electron chi connectivity index (χ3n) is 2.85. The summed E-state index contributed by atoms with van der Waals surface area (Å²) in [6.07, 6.45) is 1.03. The van der Waals surface area contributed by atoms with Crippen LogP contribution in [0, 0.1) is 11.7 Å². The van der Waals surface area contributed by atoms with Crippen LogP contribution in [0.4, 0.5) is 0 Å². The molecule has 2 aromatic heterocycles. The monoisotopic (exact) mass is 296 g/mol. The van der Waals surface area contributed by atoms with E-state index in [1.54, 1.807) is 11.3 Å². The zero-order chi connectivity index (χ0) is 14.2. The van der Waals surface area contributed by atoms with Gasteiger partial charge in [0.1, 0.15) is 0 Å². The maximum Gasteiger partial charge on any atom is 0.195 e. The molecule has 0 bridgehead atoms. The van der Waals surface area contributed by atoms with Gasteiger partial charge < -0.3 is 0 Å². The maximum absolute atomic E-state index is 5.29. The lowest BCUT2D eigenvalue weighted by Gasteiger charge is -2.13. The molecule has 2 rings (SSSR count). The van der Waals surface area contributed by atoms with Gasteiger partial charge in [-0.05, 0) is 25.6 Å². The van der Waals surface area contributed by atoms with Crippen LogP contribution in [0.5, 0.6) is 0 Å². The number of aromatic nitrogens is 4. The Morgan fingerprint density at radius 3 is 2.58 bits per heavy atom. The molecule has 0 aliphatic carbocycles. The van der Waals surface area contributed by atoms with Crippen molar-refractivity contribution in [2.24, 2.45) is 0 Å². The molecule has 0 amide bonds. The third-order valence-corrected chi connectivity index (χ3v) is 4.74. The molecular formula is C13H20N4S2. The van der Waals surface area contributed by atoms with Crippen molar-refractivity contribution in [3.8, 4) is 10.7 Å². The quantitative estimate of drug-likeness (QED) is 0.868. The molecule has 2 aromatic rings. The first-order valence-corrected chi connectivity index (χ1v) is 7.70. The van der Waals surface area contributed by atoms with E-state index in [0.29, 0.717) is 4.77 Å². The number of nitrogens with zero attached hydrogens (tertiary/aromatic N) is 3. The Balaban J connectivity index is 2.54. The fourth-order valence-corrected chi connectivity index (χ4v) is 3.19. The Morgan fingerprint density at radius 1 is 1.37 bits per heavy atom. The van der Waals surface area contributed by atoms with Crippen LogP contribution in [-0.4, -0.2) is 19.7 Å². The van der Waals surface area contributed by atoms with E-state index in [-0.39, 0.29) is 5.41 Å². The lowest BCUT2D eigenvalue weighted by Crippen LogP contribution is -2.10. The Hall–Kier alpha value is -1.01. The molecule has 0 unspecified atom stereocenters. The van der Waals surface area contributed by atoms with Crippen molar-refractivity contribution in [2.45, 2.75) is 53.0 Å². The number of hydrogen-bond donors (Lipinski definition) is 1. The predicted octanol–water partition coefficient (Wildman–Crippen LogP) is 4.08. The van der Waals surface area contributed by atoms with Gasteiger partial charge in [0.15, 0.2) is 10.6 Å². The Labute approximate surface area is 122 Å². The number of nitrogens with one attached hydrogen (secondary N) is 1. The summed E-state index contributed by atoms with van der Waals surface area (Å²) >= 11 is 7.00. The van der Waals surface area contributed by atoms with Crippen molar-refractivity contribution in [2.75, 3.05) is 0 Å². The molecular weight excluding hydrogens is 276 g/mol. The lowest BCUT2D eigenvalue weighted by molar-refractivity contribution is 0.584. The smallest absolute Gasteiger partial charge is 0.195 e. The van der Waals surface area contributed by atoms with Crippen molar-refractivity contribution >= 4 is 23.6 Å². The Kier molecular flexibility index (Phi) is 3.92. The zero-order valence-electron chi connectivity index (χ0n) is 12.1. The lowest BCUT2D eigenvalue weighted by atomic mass is 9.98. The molecule has 1 N–H and O–H groups in total. The topological polar surface area (TPSA) is 46.5 Å². The molecule has 0 aliphatic rings. The van der Waals surface area contributed by atoms with E-state index in [1.165, 1.54) is 0 Å². The summed E-state index contributed by atoms with van der Waals surface area (Å²) < 4.78 is 2.74. The van der Waals surface area contributed by atoms with Crippen LogP contribution >= 0.6 is 23.6 Å². The van der Waals surface area contributed by atoms with E-state index < -0.39 is 0 Å². The predicted molar refractivity (Wildman–Crippen MR) is 82.2 cm³/mol. The molecule has 0 aliphatic heterocycles. The third kappa shape index (κ3) is 2.79. The first-order valence-electron chi connectivity index (χ1n) is 6.48. The van der Waals surface area contributed by atoms with Crippen LogP contribution in [0.2, 0.25) is 0 Å². The van der Waals surface area contributed by atoms with Gasteiger partial charge >= 0.3 is 0 Å². The number of hydrogen-bond acceptors (Lipinski definition) is 4. The number of aryl methyl sites for hydroxylation is 1. The van der Waals surface area contributed by atoms with E-state index in [9.17, 15) is 0 Å². The molecule has 0 radical (unpaired) electrons. The van der Waals surface area contributed by atoms with Crippen LogP contribution in [0.15, 0.2) is 0 Å². The average molecular weight is 296 g/mol. The number of rotatable bonds is 3. The van der Waals surface area contributed by atoms with E-state index in [2.05, 4.69) is 47.4 Å². The van der Waals surface area contributed by atoms with Gasteiger partial charge in [-0.1, -0.05) is 27.7 Å². The second-order valence-corrected chi connectivity index (χ2v) is 7.07. The molecule has 0 spiro atoms. The van der Waals surface area contributed by atoms with Crippen molar-refractivity contribution in [3.05, 3.63) is 15.5 Å². The minimum Gasteiger partial charge on any atom is -0.299 e. The molecule has 0 saturated carbocycles. The van der Waals surface area contributed by atoms with Crippen molar-refractivity contribution in [1.82, 2.24) is 19.7 Å². The molecule has 0 fully saturated rings. The summed E-state index contributed by atoms with van der Waals surface area (Å²) in [6.45, 7) is 11.6. The van der Waals surface area contributed by atoms with Crippen molar-refractivity contribution in [3.63, 3.8) is 0 Å². The summed E-state index contributed by atoms with van der Waals surface area (Å²) in [5, 5.41) is 8.40.